The molecule has 0 amide bonds. The van der Waals surface area contributed by atoms with E-state index in [2.05, 4.69) is 12.2 Å². The number of hydrogen-bond donors (Lipinski definition) is 2. The number of rotatable bonds is 8. The van der Waals surface area contributed by atoms with E-state index in [-0.39, 0.29) is 0 Å². The monoisotopic (exact) mass is 316 g/mol. The lowest BCUT2D eigenvalue weighted by molar-refractivity contribution is 0.685. The van der Waals surface area contributed by atoms with Gasteiger partial charge in [0.15, 0.2) is 0 Å². The van der Waals surface area contributed by atoms with Crippen LogP contribution < -0.4 is 11.1 Å². The highest BCUT2D eigenvalue weighted by Gasteiger charge is 2.10. The molecule has 3 nitrogen and oxygen atoms in total. The average molecular weight is 317 g/mol. The van der Waals surface area contributed by atoms with Crippen LogP contribution in [0.25, 0.3) is 0 Å². The van der Waals surface area contributed by atoms with Gasteiger partial charge in [0.2, 0.25) is 0 Å². The molecule has 1 aromatic rings. The third-order valence-electron chi connectivity index (χ3n) is 2.50. The maximum atomic E-state index is 11.0. The Morgan fingerprint density at radius 1 is 1.53 bits per heavy atom. The second-order valence-corrected chi connectivity index (χ2v) is 7.33. The van der Waals surface area contributed by atoms with Crippen LogP contribution in [0.2, 0.25) is 0 Å². The largest absolute Gasteiger partial charge is 0.389 e. The Morgan fingerprint density at radius 2 is 2.26 bits per heavy atom. The first kappa shape index (κ1) is 16.5. The number of nitrogens with two attached hydrogens (primary N) is 1. The molecular formula is C13H20N2OS3. The van der Waals surface area contributed by atoms with Crippen molar-refractivity contribution in [3.63, 3.8) is 0 Å². The number of thiocarbonyl (C=S) groups is 1. The Bertz CT molecular complexity index is 463. The minimum Gasteiger partial charge on any atom is -0.389 e. The second-order valence-electron chi connectivity index (χ2n) is 4.03. The first-order valence-corrected chi connectivity index (χ1v) is 9.27. The van der Waals surface area contributed by atoms with E-state index in [9.17, 15) is 4.21 Å². The van der Waals surface area contributed by atoms with Crippen molar-refractivity contribution < 1.29 is 4.21 Å². The maximum Gasteiger partial charge on any atom is 0.107 e. The first-order valence-electron chi connectivity index (χ1n) is 6.15. The summed E-state index contributed by atoms with van der Waals surface area (Å²) in [4.78, 5) is 1.53. The van der Waals surface area contributed by atoms with Gasteiger partial charge in [-0.15, -0.1) is 11.8 Å². The topological polar surface area (TPSA) is 55.1 Å². The van der Waals surface area contributed by atoms with Crippen molar-refractivity contribution in [2.45, 2.75) is 18.2 Å². The van der Waals surface area contributed by atoms with E-state index >= 15 is 0 Å². The minimum absolute atomic E-state index is 0.415. The molecular weight excluding hydrogens is 296 g/mol. The predicted molar refractivity (Wildman–Crippen MR) is 90.8 cm³/mol. The van der Waals surface area contributed by atoms with Gasteiger partial charge in [0.25, 0.3) is 0 Å². The van der Waals surface area contributed by atoms with Crippen LogP contribution >= 0.6 is 24.0 Å². The third kappa shape index (κ3) is 5.50. The molecule has 0 saturated heterocycles. The molecule has 0 saturated carbocycles. The standard InChI is InChI=1S/C13H20N2OS3/c1-3-18-11-7-4-6-10(12(11)13(14)17)15-8-5-9-19(2)16/h4,6-7,15H,3,5,8-9H2,1-2H3,(H2,14,17). The van der Waals surface area contributed by atoms with Gasteiger partial charge in [-0.1, -0.05) is 25.2 Å². The first-order chi connectivity index (χ1) is 9.06. The Kier molecular flexibility index (Phi) is 7.41. The molecule has 19 heavy (non-hydrogen) atoms. The lowest BCUT2D eigenvalue weighted by atomic mass is 10.1. The van der Waals surface area contributed by atoms with Gasteiger partial charge in [-0.3, -0.25) is 4.21 Å². The Morgan fingerprint density at radius 3 is 2.84 bits per heavy atom. The summed E-state index contributed by atoms with van der Waals surface area (Å²) in [6, 6.07) is 6.02. The molecule has 1 aromatic carbocycles. The lowest BCUT2D eigenvalue weighted by Gasteiger charge is -2.14. The Labute approximate surface area is 127 Å². The van der Waals surface area contributed by atoms with Gasteiger partial charge in [0, 0.05) is 45.5 Å². The van der Waals surface area contributed by atoms with Crippen molar-refractivity contribution in [3.05, 3.63) is 23.8 Å². The zero-order valence-corrected chi connectivity index (χ0v) is 13.7. The van der Waals surface area contributed by atoms with E-state index in [4.69, 9.17) is 18.0 Å². The second kappa shape index (κ2) is 8.55. The van der Waals surface area contributed by atoms with Crippen LogP contribution in [-0.2, 0) is 10.8 Å². The van der Waals surface area contributed by atoms with E-state index in [1.165, 1.54) is 0 Å². The van der Waals surface area contributed by atoms with E-state index in [0.717, 1.165) is 34.9 Å². The zero-order chi connectivity index (χ0) is 14.3. The van der Waals surface area contributed by atoms with Gasteiger partial charge in [-0.05, 0) is 24.3 Å². The van der Waals surface area contributed by atoms with E-state index in [1.54, 1.807) is 18.0 Å². The smallest absolute Gasteiger partial charge is 0.107 e. The fourth-order valence-corrected chi connectivity index (χ4v) is 3.39. The van der Waals surface area contributed by atoms with Gasteiger partial charge >= 0.3 is 0 Å². The van der Waals surface area contributed by atoms with Gasteiger partial charge in [-0.25, -0.2) is 0 Å². The summed E-state index contributed by atoms with van der Waals surface area (Å²) in [6.07, 6.45) is 2.59. The molecule has 0 bridgehead atoms. The van der Waals surface area contributed by atoms with Crippen LogP contribution in [0.4, 0.5) is 5.69 Å². The van der Waals surface area contributed by atoms with Crippen LogP contribution in [0.5, 0.6) is 0 Å². The van der Waals surface area contributed by atoms with Crippen LogP contribution in [0, 0.1) is 0 Å². The number of anilines is 1. The van der Waals surface area contributed by atoms with E-state index in [1.807, 2.05) is 18.2 Å². The highest BCUT2D eigenvalue weighted by molar-refractivity contribution is 7.99. The zero-order valence-electron chi connectivity index (χ0n) is 11.3. The van der Waals surface area contributed by atoms with Gasteiger partial charge in [0.1, 0.15) is 4.99 Å². The number of hydrogen-bond acceptors (Lipinski definition) is 4. The SMILES string of the molecule is CCSc1cccc(NCCCS(C)=O)c1C(N)=S. The quantitative estimate of drug-likeness (QED) is 0.439. The summed E-state index contributed by atoms with van der Waals surface area (Å²) < 4.78 is 11.0. The molecule has 0 aromatic heterocycles. The molecule has 0 fully saturated rings. The van der Waals surface area contributed by atoms with Crippen molar-refractivity contribution in [1.82, 2.24) is 0 Å². The summed E-state index contributed by atoms with van der Waals surface area (Å²) in [6.45, 7) is 2.88. The Hall–Kier alpha value is -0.590. The molecule has 0 aliphatic heterocycles. The van der Waals surface area contributed by atoms with Crippen molar-refractivity contribution in [3.8, 4) is 0 Å². The molecule has 1 rings (SSSR count). The molecule has 0 spiro atoms. The number of benzene rings is 1. The summed E-state index contributed by atoms with van der Waals surface area (Å²) in [5.41, 5.74) is 7.71. The van der Waals surface area contributed by atoms with Crippen molar-refractivity contribution in [2.75, 3.05) is 29.6 Å². The maximum absolute atomic E-state index is 11.0. The molecule has 1 unspecified atom stereocenters. The molecule has 0 heterocycles. The third-order valence-corrected chi connectivity index (χ3v) is 4.50. The van der Waals surface area contributed by atoms with Crippen molar-refractivity contribution >= 4 is 45.5 Å². The fourth-order valence-electron chi connectivity index (χ4n) is 1.71. The van der Waals surface area contributed by atoms with E-state index < -0.39 is 10.8 Å². The molecule has 3 N–H and O–H groups in total. The molecule has 1 atom stereocenters. The minimum atomic E-state index is -0.740. The molecule has 0 aliphatic rings. The molecule has 106 valence electrons. The fraction of sp³-hybridized carbons (Fsp3) is 0.462. The van der Waals surface area contributed by atoms with Crippen LogP contribution in [0.15, 0.2) is 23.1 Å². The molecule has 0 aliphatic carbocycles. The van der Waals surface area contributed by atoms with Gasteiger partial charge in [0.05, 0.1) is 0 Å². The van der Waals surface area contributed by atoms with Crippen molar-refractivity contribution in [1.29, 1.82) is 0 Å². The Balaban J connectivity index is 2.78. The average Bonchev–Trinajstić information content (AvgIpc) is 2.34. The van der Waals surface area contributed by atoms with Gasteiger partial charge < -0.3 is 11.1 Å². The summed E-state index contributed by atoms with van der Waals surface area (Å²) in [5.74, 6) is 1.69. The normalized spacial score (nSPS) is 12.1. The highest BCUT2D eigenvalue weighted by atomic mass is 32.2. The number of nitrogens with one attached hydrogen (secondary N) is 1. The predicted octanol–water partition coefficient (Wildman–Crippen LogP) is 2.61. The molecule has 0 radical (unpaired) electrons. The van der Waals surface area contributed by atoms with Crippen LogP contribution in [0.1, 0.15) is 18.9 Å². The van der Waals surface area contributed by atoms with Crippen molar-refractivity contribution in [2.24, 2.45) is 5.73 Å². The highest BCUT2D eigenvalue weighted by Crippen LogP contribution is 2.28. The summed E-state index contributed by atoms with van der Waals surface area (Å²) in [7, 11) is -0.740. The lowest BCUT2D eigenvalue weighted by Crippen LogP contribution is -2.15. The summed E-state index contributed by atoms with van der Waals surface area (Å²) in [5, 5.41) is 3.33. The molecule has 6 heteroatoms. The van der Waals surface area contributed by atoms with Gasteiger partial charge in [-0.2, -0.15) is 0 Å². The van der Waals surface area contributed by atoms with Crippen LogP contribution in [-0.4, -0.2) is 33.5 Å². The van der Waals surface area contributed by atoms with E-state index in [0.29, 0.717) is 10.7 Å². The number of thioether (sulfide) groups is 1. The summed E-state index contributed by atoms with van der Waals surface area (Å²) >= 11 is 6.88. The van der Waals surface area contributed by atoms with Crippen LogP contribution in [0.3, 0.4) is 0 Å².